The Labute approximate surface area is 136 Å². The molecule has 1 atom stereocenters. The highest BCUT2D eigenvalue weighted by atomic mass is 32.2. The zero-order valence-corrected chi connectivity index (χ0v) is 16.2. The maximum atomic E-state index is 13.6. The summed E-state index contributed by atoms with van der Waals surface area (Å²) in [7, 11) is -4.63. The van der Waals surface area contributed by atoms with Crippen molar-refractivity contribution in [3.63, 3.8) is 0 Å². The average molecular weight is 340 g/mol. The fourth-order valence-corrected chi connectivity index (χ4v) is 7.31. The highest BCUT2D eigenvalue weighted by molar-refractivity contribution is 7.92. The Hall–Kier alpha value is -0.853. The minimum absolute atomic E-state index is 0.0602. The van der Waals surface area contributed by atoms with Gasteiger partial charge in [-0.3, -0.25) is 4.03 Å². The van der Waals surface area contributed by atoms with Crippen LogP contribution in [0.3, 0.4) is 0 Å². The van der Waals surface area contributed by atoms with Gasteiger partial charge in [0.15, 0.2) is 8.24 Å². The van der Waals surface area contributed by atoms with Crippen LogP contribution in [0.1, 0.15) is 33.6 Å². The van der Waals surface area contributed by atoms with E-state index in [1.807, 2.05) is 12.1 Å². The smallest absolute Gasteiger partial charge is 0.195 e. The molecule has 0 aromatic heterocycles. The fraction of sp³-hybridized carbons (Fsp3) is 0.625. The predicted octanol–water partition coefficient (Wildman–Crippen LogP) is 4.02. The molecule has 0 radical (unpaired) electrons. The van der Waals surface area contributed by atoms with E-state index in [1.54, 1.807) is 12.1 Å². The quantitative estimate of drug-likeness (QED) is 0.628. The molecular weight excluding hydrogens is 310 g/mol. The van der Waals surface area contributed by atoms with Gasteiger partial charge in [-0.2, -0.15) is 0 Å². The lowest BCUT2D eigenvalue weighted by molar-refractivity contribution is 0.656. The summed E-state index contributed by atoms with van der Waals surface area (Å²) in [4.78, 5) is 0.743. The lowest BCUT2D eigenvalue weighted by Crippen LogP contribution is -2.39. The first-order valence-corrected chi connectivity index (χ1v) is 12.4. The molecule has 0 saturated heterocycles. The SMILES string of the molecule is CC(C)(C)[Si](C)(C)N=[S@](=O)(NCC1CC1)c1ccc(N)cc1. The summed E-state index contributed by atoms with van der Waals surface area (Å²) in [5.41, 5.74) is 6.44. The standard InChI is InChI=1S/C16H29N3OSSi/c1-16(2,3)22(4,5)19-21(20,18-12-13-6-7-13)15-10-8-14(17)9-11-15/h8-11,13H,6-7,12,17H2,1-5H3,(H,18,19,20)/t21-/m1/s1. The Morgan fingerprint density at radius 1 is 1.27 bits per heavy atom. The summed E-state index contributed by atoms with van der Waals surface area (Å²) < 4.78 is 21.8. The number of nitrogen functional groups attached to an aromatic ring is 1. The zero-order valence-electron chi connectivity index (χ0n) is 14.3. The first-order valence-electron chi connectivity index (χ1n) is 7.92. The number of anilines is 1. The van der Waals surface area contributed by atoms with Crippen molar-refractivity contribution in [1.82, 2.24) is 4.72 Å². The fourth-order valence-electron chi connectivity index (χ4n) is 1.83. The van der Waals surface area contributed by atoms with E-state index in [0.29, 0.717) is 11.6 Å². The molecule has 22 heavy (non-hydrogen) atoms. The monoisotopic (exact) mass is 339 g/mol. The molecule has 1 aromatic carbocycles. The number of nitrogens with one attached hydrogen (secondary N) is 1. The van der Waals surface area contributed by atoms with Crippen molar-refractivity contribution in [2.75, 3.05) is 12.3 Å². The van der Waals surface area contributed by atoms with Gasteiger partial charge in [-0.15, -0.1) is 0 Å². The van der Waals surface area contributed by atoms with Crippen LogP contribution in [0.15, 0.2) is 33.2 Å². The third-order valence-electron chi connectivity index (χ3n) is 4.66. The largest absolute Gasteiger partial charge is 0.399 e. The Morgan fingerprint density at radius 2 is 1.82 bits per heavy atom. The molecule has 0 unspecified atom stereocenters. The van der Waals surface area contributed by atoms with Crippen LogP contribution < -0.4 is 10.5 Å². The third-order valence-corrected chi connectivity index (χ3v) is 12.7. The topological polar surface area (TPSA) is 67.5 Å². The van der Waals surface area contributed by atoms with Crippen molar-refractivity contribution < 1.29 is 4.21 Å². The Balaban J connectivity index is 2.44. The van der Waals surface area contributed by atoms with Gasteiger partial charge in [0.1, 0.15) is 9.92 Å². The number of hydrogen-bond acceptors (Lipinski definition) is 3. The summed E-state index contributed by atoms with van der Waals surface area (Å²) in [6.07, 6.45) is 2.45. The normalized spacial score (nSPS) is 18.8. The number of benzene rings is 1. The summed E-state index contributed by atoms with van der Waals surface area (Å²) in [6.45, 7) is 11.7. The second-order valence-electron chi connectivity index (χ2n) is 7.79. The molecule has 0 bridgehead atoms. The van der Waals surface area contributed by atoms with Gasteiger partial charge >= 0.3 is 0 Å². The second-order valence-corrected chi connectivity index (χ2v) is 14.9. The van der Waals surface area contributed by atoms with E-state index in [4.69, 9.17) is 9.76 Å². The van der Waals surface area contributed by atoms with E-state index in [-0.39, 0.29) is 5.04 Å². The second kappa shape index (κ2) is 5.98. The van der Waals surface area contributed by atoms with Crippen LogP contribution in [0.25, 0.3) is 0 Å². The molecule has 1 saturated carbocycles. The molecule has 6 heteroatoms. The predicted molar refractivity (Wildman–Crippen MR) is 97.6 cm³/mol. The molecule has 0 spiro atoms. The number of hydrogen-bond donors (Lipinski definition) is 2. The molecule has 4 nitrogen and oxygen atoms in total. The first-order chi connectivity index (χ1) is 10.0. The Kier molecular flexibility index (Phi) is 4.76. The van der Waals surface area contributed by atoms with E-state index in [1.165, 1.54) is 12.8 Å². The Morgan fingerprint density at radius 3 is 2.27 bits per heavy atom. The highest BCUT2D eigenvalue weighted by Gasteiger charge is 2.38. The van der Waals surface area contributed by atoms with Crippen LogP contribution >= 0.6 is 0 Å². The molecule has 124 valence electrons. The first kappa shape index (κ1) is 17.5. The van der Waals surface area contributed by atoms with Gasteiger partial charge in [-0.25, -0.2) is 8.93 Å². The van der Waals surface area contributed by atoms with Crippen LogP contribution in [0.2, 0.25) is 18.1 Å². The number of nitrogens with two attached hydrogens (primary N) is 1. The molecule has 0 heterocycles. The zero-order chi connectivity index (χ0) is 16.6. The molecule has 1 aromatic rings. The van der Waals surface area contributed by atoms with Gasteiger partial charge in [-0.1, -0.05) is 20.8 Å². The van der Waals surface area contributed by atoms with Crippen molar-refractivity contribution in [1.29, 1.82) is 0 Å². The van der Waals surface area contributed by atoms with Crippen LogP contribution in [0.5, 0.6) is 0 Å². The van der Waals surface area contributed by atoms with Gasteiger partial charge in [0.2, 0.25) is 0 Å². The van der Waals surface area contributed by atoms with Crippen molar-refractivity contribution in [3.05, 3.63) is 24.3 Å². The van der Waals surface area contributed by atoms with Crippen LogP contribution in [-0.4, -0.2) is 19.0 Å². The minimum Gasteiger partial charge on any atom is -0.399 e. The van der Waals surface area contributed by atoms with Crippen LogP contribution in [-0.2, 0) is 9.92 Å². The highest BCUT2D eigenvalue weighted by Crippen LogP contribution is 2.38. The van der Waals surface area contributed by atoms with E-state index < -0.39 is 18.2 Å². The number of rotatable bonds is 5. The van der Waals surface area contributed by atoms with E-state index >= 15 is 0 Å². The summed E-state index contributed by atoms with van der Waals surface area (Å²) in [5, 5.41) is 0.0602. The minimum atomic E-state index is -2.60. The summed E-state index contributed by atoms with van der Waals surface area (Å²) >= 11 is 0. The van der Waals surface area contributed by atoms with Gasteiger partial charge in [0.25, 0.3) is 0 Å². The van der Waals surface area contributed by atoms with Crippen molar-refractivity contribution in [2.24, 2.45) is 9.95 Å². The molecule has 1 fully saturated rings. The Bertz CT molecular complexity index is 636. The molecule has 1 aliphatic rings. The molecular formula is C16H29N3OSSi. The van der Waals surface area contributed by atoms with Gasteiger partial charge in [0, 0.05) is 12.2 Å². The summed E-state index contributed by atoms with van der Waals surface area (Å²) in [6, 6.07) is 7.28. The van der Waals surface area contributed by atoms with Crippen molar-refractivity contribution in [2.45, 2.75) is 56.6 Å². The molecule has 2 rings (SSSR count). The molecule has 0 amide bonds. The molecule has 3 N–H and O–H groups in total. The van der Waals surface area contributed by atoms with Crippen LogP contribution in [0.4, 0.5) is 5.69 Å². The third kappa shape index (κ3) is 4.11. The summed E-state index contributed by atoms with van der Waals surface area (Å²) in [5.74, 6) is 0.657. The van der Waals surface area contributed by atoms with Gasteiger partial charge in [0.05, 0.1) is 4.90 Å². The van der Waals surface area contributed by atoms with Crippen LogP contribution in [0, 0.1) is 5.92 Å². The maximum Gasteiger partial charge on any atom is 0.195 e. The molecule has 1 aliphatic carbocycles. The van der Waals surface area contributed by atoms with Gasteiger partial charge < -0.3 is 5.73 Å². The molecule has 0 aliphatic heterocycles. The lowest BCUT2D eigenvalue weighted by Gasteiger charge is -2.33. The van der Waals surface area contributed by atoms with Crippen molar-refractivity contribution in [3.8, 4) is 0 Å². The van der Waals surface area contributed by atoms with Gasteiger partial charge in [-0.05, 0) is 61.2 Å². The van der Waals surface area contributed by atoms with Crippen molar-refractivity contribution >= 4 is 23.8 Å². The lowest BCUT2D eigenvalue weighted by atomic mass is 10.2. The number of nitrogens with zero attached hydrogens (tertiary/aromatic N) is 1. The maximum absolute atomic E-state index is 13.6. The van der Waals surface area contributed by atoms with E-state index in [0.717, 1.165) is 11.4 Å². The van der Waals surface area contributed by atoms with E-state index in [2.05, 4.69) is 38.6 Å². The average Bonchev–Trinajstić information content (AvgIpc) is 3.19. The van der Waals surface area contributed by atoms with E-state index in [9.17, 15) is 4.21 Å².